The highest BCUT2D eigenvalue weighted by atomic mass is 15.3. The zero-order valence-corrected chi connectivity index (χ0v) is 12.0. The Hall–Kier alpha value is -3.14. The average molecular weight is 288 g/mol. The summed E-state index contributed by atoms with van der Waals surface area (Å²) in [5.41, 5.74) is 13.5. The van der Waals surface area contributed by atoms with Crippen LogP contribution in [0.1, 0.15) is 11.1 Å². The highest BCUT2D eigenvalue weighted by molar-refractivity contribution is 6.14. The first-order valence-electron chi connectivity index (χ1n) is 6.95. The molecule has 0 aliphatic carbocycles. The Morgan fingerprint density at radius 2 is 1.32 bits per heavy atom. The first kappa shape index (κ1) is 13.8. The lowest BCUT2D eigenvalue weighted by Crippen LogP contribution is -2.22. The van der Waals surface area contributed by atoms with E-state index in [1.165, 1.54) is 5.39 Å². The van der Waals surface area contributed by atoms with Crippen LogP contribution in [0.3, 0.4) is 0 Å². The number of nitrogens with two attached hydrogens (primary N) is 2. The Labute approximate surface area is 128 Å². The zero-order valence-electron chi connectivity index (χ0n) is 12.0. The fourth-order valence-electron chi connectivity index (χ4n) is 2.32. The molecule has 108 valence electrons. The first-order valence-corrected chi connectivity index (χ1v) is 6.95. The summed E-state index contributed by atoms with van der Waals surface area (Å²) in [4.78, 5) is 0. The second-order valence-electron chi connectivity index (χ2n) is 4.90. The van der Waals surface area contributed by atoms with Crippen molar-refractivity contribution in [3.8, 4) is 0 Å². The highest BCUT2D eigenvalue weighted by Crippen LogP contribution is 2.19. The molecule has 4 heteroatoms. The van der Waals surface area contributed by atoms with Crippen LogP contribution in [0, 0.1) is 0 Å². The molecule has 22 heavy (non-hydrogen) atoms. The molecule has 0 fully saturated rings. The predicted molar refractivity (Wildman–Crippen MR) is 91.8 cm³/mol. The molecule has 4 nitrogen and oxygen atoms in total. The third kappa shape index (κ3) is 2.96. The molecule has 3 aromatic carbocycles. The monoisotopic (exact) mass is 288 g/mol. The summed E-state index contributed by atoms with van der Waals surface area (Å²) in [5.74, 6) is -0.0609. The average Bonchev–Trinajstić information content (AvgIpc) is 2.55. The van der Waals surface area contributed by atoms with Crippen LogP contribution in [-0.2, 0) is 0 Å². The van der Waals surface area contributed by atoms with Gasteiger partial charge in [-0.05, 0) is 16.8 Å². The van der Waals surface area contributed by atoms with E-state index in [2.05, 4.69) is 34.5 Å². The van der Waals surface area contributed by atoms with Gasteiger partial charge < -0.3 is 11.5 Å². The van der Waals surface area contributed by atoms with Crippen LogP contribution in [-0.4, -0.2) is 11.7 Å². The van der Waals surface area contributed by atoms with E-state index in [0.717, 1.165) is 22.2 Å². The molecular formula is C18H16N4. The van der Waals surface area contributed by atoms with Gasteiger partial charge in [-0.25, -0.2) is 0 Å². The molecule has 0 bridgehead atoms. The molecular weight excluding hydrogens is 272 g/mol. The van der Waals surface area contributed by atoms with E-state index in [9.17, 15) is 0 Å². The summed E-state index contributed by atoms with van der Waals surface area (Å²) >= 11 is 0. The van der Waals surface area contributed by atoms with Crippen molar-refractivity contribution in [3.05, 3.63) is 83.9 Å². The molecule has 4 N–H and O–H groups in total. The molecule has 0 aromatic heterocycles. The van der Waals surface area contributed by atoms with Crippen molar-refractivity contribution in [2.75, 3.05) is 0 Å². The normalized spacial score (nSPS) is 11.4. The summed E-state index contributed by atoms with van der Waals surface area (Å²) in [5, 5.41) is 10.4. The Bertz CT molecular complexity index is 847. The molecule has 3 aromatic rings. The predicted octanol–water partition coefficient (Wildman–Crippen LogP) is 2.87. The molecule has 0 aliphatic heterocycles. The quantitative estimate of drug-likeness (QED) is 0.441. The minimum Gasteiger partial charge on any atom is -0.369 e. The molecule has 0 amide bonds. The Kier molecular flexibility index (Phi) is 3.83. The van der Waals surface area contributed by atoms with Gasteiger partial charge in [0.2, 0.25) is 5.96 Å². The van der Waals surface area contributed by atoms with Crippen molar-refractivity contribution >= 4 is 22.4 Å². The maximum absolute atomic E-state index is 5.41. The smallest absolute Gasteiger partial charge is 0.211 e. The fraction of sp³-hybridized carbons (Fsp3) is 0. The van der Waals surface area contributed by atoms with Crippen molar-refractivity contribution in [2.24, 2.45) is 21.7 Å². The molecule has 0 aliphatic rings. The third-order valence-corrected chi connectivity index (χ3v) is 3.34. The van der Waals surface area contributed by atoms with Crippen molar-refractivity contribution in [1.29, 1.82) is 0 Å². The van der Waals surface area contributed by atoms with Crippen LogP contribution < -0.4 is 11.5 Å². The maximum atomic E-state index is 5.41. The van der Waals surface area contributed by atoms with E-state index in [1.807, 2.05) is 48.5 Å². The molecule has 0 heterocycles. The SMILES string of the molecule is NC(N)=N/N=C(\c1ccccc1)c1ccc2ccccc2c1. The lowest BCUT2D eigenvalue weighted by Gasteiger charge is -2.07. The standard InChI is InChI=1S/C18H16N4/c19-18(20)22-21-17(14-7-2-1-3-8-14)16-11-10-13-6-4-5-9-15(13)12-16/h1-12H,(H4,19,20,22)/b21-17+. The Morgan fingerprint density at radius 3 is 2.05 bits per heavy atom. The number of nitrogens with zero attached hydrogens (tertiary/aromatic N) is 2. The minimum absolute atomic E-state index is 0.0609. The van der Waals surface area contributed by atoms with E-state index in [1.54, 1.807) is 0 Å². The van der Waals surface area contributed by atoms with E-state index in [-0.39, 0.29) is 5.96 Å². The summed E-state index contributed by atoms with van der Waals surface area (Å²) < 4.78 is 0. The van der Waals surface area contributed by atoms with Crippen LogP contribution in [0.25, 0.3) is 10.8 Å². The van der Waals surface area contributed by atoms with Crippen molar-refractivity contribution in [1.82, 2.24) is 0 Å². The second-order valence-corrected chi connectivity index (χ2v) is 4.90. The van der Waals surface area contributed by atoms with Crippen LogP contribution in [0.15, 0.2) is 83.0 Å². The van der Waals surface area contributed by atoms with Gasteiger partial charge in [0.25, 0.3) is 0 Å². The van der Waals surface area contributed by atoms with Gasteiger partial charge >= 0.3 is 0 Å². The molecule has 0 radical (unpaired) electrons. The van der Waals surface area contributed by atoms with Gasteiger partial charge in [-0.1, -0.05) is 66.7 Å². The number of hydrogen-bond donors (Lipinski definition) is 2. The molecule has 0 saturated carbocycles. The third-order valence-electron chi connectivity index (χ3n) is 3.34. The van der Waals surface area contributed by atoms with E-state index in [4.69, 9.17) is 11.5 Å². The molecule has 3 rings (SSSR count). The van der Waals surface area contributed by atoms with Crippen LogP contribution in [0.4, 0.5) is 0 Å². The van der Waals surface area contributed by atoms with Gasteiger partial charge in [0.1, 0.15) is 5.71 Å². The van der Waals surface area contributed by atoms with Crippen molar-refractivity contribution < 1.29 is 0 Å². The summed E-state index contributed by atoms with van der Waals surface area (Å²) in [6.45, 7) is 0. The van der Waals surface area contributed by atoms with Gasteiger partial charge in [-0.3, -0.25) is 0 Å². The van der Waals surface area contributed by atoms with E-state index in [0.29, 0.717) is 0 Å². The van der Waals surface area contributed by atoms with Crippen LogP contribution >= 0.6 is 0 Å². The largest absolute Gasteiger partial charge is 0.369 e. The van der Waals surface area contributed by atoms with Gasteiger partial charge in [-0.2, -0.15) is 0 Å². The number of hydrogen-bond acceptors (Lipinski definition) is 2. The molecule has 0 saturated heterocycles. The topological polar surface area (TPSA) is 76.8 Å². The number of fused-ring (bicyclic) bond motifs is 1. The van der Waals surface area contributed by atoms with Crippen LogP contribution in [0.5, 0.6) is 0 Å². The molecule has 0 atom stereocenters. The van der Waals surface area contributed by atoms with Crippen molar-refractivity contribution in [2.45, 2.75) is 0 Å². The van der Waals surface area contributed by atoms with Gasteiger partial charge in [0.05, 0.1) is 0 Å². The minimum atomic E-state index is -0.0609. The van der Waals surface area contributed by atoms with Gasteiger partial charge in [-0.15, -0.1) is 10.2 Å². The zero-order chi connectivity index (χ0) is 15.4. The van der Waals surface area contributed by atoms with Crippen molar-refractivity contribution in [3.63, 3.8) is 0 Å². The summed E-state index contributed by atoms with van der Waals surface area (Å²) in [6, 6.07) is 24.2. The second kappa shape index (κ2) is 6.10. The number of rotatable bonds is 3. The first-order chi connectivity index (χ1) is 10.7. The number of guanidine groups is 1. The van der Waals surface area contributed by atoms with Crippen LogP contribution in [0.2, 0.25) is 0 Å². The number of benzene rings is 3. The lowest BCUT2D eigenvalue weighted by atomic mass is 9.99. The van der Waals surface area contributed by atoms with E-state index < -0.39 is 0 Å². The van der Waals surface area contributed by atoms with Gasteiger partial charge in [0, 0.05) is 11.1 Å². The molecule has 0 spiro atoms. The highest BCUT2D eigenvalue weighted by Gasteiger charge is 2.07. The molecule has 0 unspecified atom stereocenters. The van der Waals surface area contributed by atoms with E-state index >= 15 is 0 Å². The lowest BCUT2D eigenvalue weighted by molar-refractivity contribution is 1.20. The summed E-state index contributed by atoms with van der Waals surface area (Å²) in [7, 11) is 0. The summed E-state index contributed by atoms with van der Waals surface area (Å²) in [6.07, 6.45) is 0. The maximum Gasteiger partial charge on any atom is 0.211 e. The Morgan fingerprint density at radius 1 is 0.636 bits per heavy atom. The Balaban J connectivity index is 2.15. The van der Waals surface area contributed by atoms with Gasteiger partial charge in [0.15, 0.2) is 0 Å². The fourth-order valence-corrected chi connectivity index (χ4v) is 2.32.